The van der Waals surface area contributed by atoms with Crippen LogP contribution in [-0.4, -0.2) is 23.9 Å². The molecule has 0 saturated carbocycles. The second-order valence-electron chi connectivity index (χ2n) is 6.32. The Balaban J connectivity index is 1.91. The molecule has 7 nitrogen and oxygen atoms in total. The number of fused-ring (bicyclic) bond motifs is 1. The zero-order valence-electron chi connectivity index (χ0n) is 15.3. The van der Waals surface area contributed by atoms with Gasteiger partial charge in [0.15, 0.2) is 0 Å². The van der Waals surface area contributed by atoms with Crippen LogP contribution in [0.3, 0.4) is 0 Å². The van der Waals surface area contributed by atoms with Crippen molar-refractivity contribution in [2.24, 2.45) is 5.14 Å². The van der Waals surface area contributed by atoms with Gasteiger partial charge >= 0.3 is 5.97 Å². The monoisotopic (exact) mass is 421 g/mol. The molecule has 0 atom stereocenters. The molecule has 28 heavy (non-hydrogen) atoms. The number of unbranched alkanes of at least 4 members (excludes halogenated alkanes) is 1. The molecule has 3 aromatic rings. The molecule has 3 rings (SSSR count). The van der Waals surface area contributed by atoms with Crippen LogP contribution in [0.4, 0.5) is 0 Å². The number of imidazole rings is 1. The Labute approximate surface area is 168 Å². The number of halogens is 1. The van der Waals surface area contributed by atoms with Crippen molar-refractivity contribution in [2.45, 2.75) is 37.8 Å². The first-order valence-corrected chi connectivity index (χ1v) is 10.7. The van der Waals surface area contributed by atoms with Crippen molar-refractivity contribution in [2.75, 3.05) is 0 Å². The molecule has 0 unspecified atom stereocenters. The topological polar surface area (TPSA) is 104 Å². The second kappa shape index (κ2) is 8.30. The highest BCUT2D eigenvalue weighted by molar-refractivity contribution is 7.89. The number of carbonyl (C=O) groups excluding carboxylic acids is 1. The van der Waals surface area contributed by atoms with Crippen LogP contribution < -0.4 is 5.14 Å². The summed E-state index contributed by atoms with van der Waals surface area (Å²) in [6.07, 6.45) is 1.87. The molecule has 2 aromatic carbocycles. The number of rotatable bonds is 7. The second-order valence-corrected chi connectivity index (χ2v) is 8.31. The number of sulfonamides is 1. The third kappa shape index (κ3) is 4.52. The predicted octanol–water partition coefficient (Wildman–Crippen LogP) is 3.49. The Bertz CT molecular complexity index is 1130. The van der Waals surface area contributed by atoms with E-state index in [0.29, 0.717) is 28.5 Å². The molecule has 0 bridgehead atoms. The van der Waals surface area contributed by atoms with Crippen LogP contribution >= 0.6 is 11.6 Å². The normalized spacial score (nSPS) is 11.7. The fourth-order valence-corrected chi connectivity index (χ4v) is 3.57. The molecule has 0 aliphatic rings. The average Bonchev–Trinajstić information content (AvgIpc) is 3.00. The summed E-state index contributed by atoms with van der Waals surface area (Å²) in [6, 6.07) is 11.0. The van der Waals surface area contributed by atoms with E-state index in [1.54, 1.807) is 24.3 Å². The molecule has 148 valence electrons. The molecular weight excluding hydrogens is 402 g/mol. The van der Waals surface area contributed by atoms with Gasteiger partial charge in [-0.2, -0.15) is 0 Å². The van der Waals surface area contributed by atoms with Gasteiger partial charge in [-0.1, -0.05) is 31.0 Å². The van der Waals surface area contributed by atoms with Gasteiger partial charge in [0.25, 0.3) is 0 Å². The van der Waals surface area contributed by atoms with E-state index >= 15 is 0 Å². The molecule has 0 fully saturated rings. The highest BCUT2D eigenvalue weighted by atomic mass is 35.5. The molecule has 0 aliphatic carbocycles. The summed E-state index contributed by atoms with van der Waals surface area (Å²) in [5, 5.41) is 5.65. The highest BCUT2D eigenvalue weighted by Gasteiger charge is 2.16. The molecule has 0 amide bonds. The van der Waals surface area contributed by atoms with Crippen molar-refractivity contribution < 1.29 is 17.9 Å². The van der Waals surface area contributed by atoms with Crippen LogP contribution in [0.15, 0.2) is 47.4 Å². The lowest BCUT2D eigenvalue weighted by molar-refractivity contribution is 0.0458. The maximum atomic E-state index is 12.3. The molecule has 0 aliphatic heterocycles. The van der Waals surface area contributed by atoms with E-state index in [9.17, 15) is 13.2 Å². The Hall–Kier alpha value is -2.42. The van der Waals surface area contributed by atoms with Gasteiger partial charge in [-0.3, -0.25) is 0 Å². The lowest BCUT2D eigenvalue weighted by Gasteiger charge is -2.09. The smallest absolute Gasteiger partial charge is 0.338 e. The van der Waals surface area contributed by atoms with Gasteiger partial charge < -0.3 is 9.30 Å². The molecule has 1 heterocycles. The van der Waals surface area contributed by atoms with Crippen LogP contribution in [0.1, 0.15) is 35.9 Å². The lowest BCUT2D eigenvalue weighted by atomic mass is 10.2. The van der Waals surface area contributed by atoms with E-state index < -0.39 is 16.0 Å². The van der Waals surface area contributed by atoms with Crippen LogP contribution in [0.5, 0.6) is 0 Å². The van der Waals surface area contributed by atoms with Gasteiger partial charge in [-0.15, -0.1) is 0 Å². The number of aryl methyl sites for hydroxylation is 1. The van der Waals surface area contributed by atoms with Crippen molar-refractivity contribution in [1.29, 1.82) is 0 Å². The quantitative estimate of drug-likeness (QED) is 0.588. The van der Waals surface area contributed by atoms with Gasteiger partial charge in [0.1, 0.15) is 12.4 Å². The molecular formula is C19H20ClN3O4S. The minimum absolute atomic E-state index is 0.0115. The maximum absolute atomic E-state index is 12.3. The Kier molecular flexibility index (Phi) is 6.02. The van der Waals surface area contributed by atoms with Gasteiger partial charge in [0.2, 0.25) is 10.0 Å². The molecule has 0 saturated heterocycles. The number of esters is 1. The zero-order chi connectivity index (χ0) is 20.3. The van der Waals surface area contributed by atoms with Crippen LogP contribution in [0, 0.1) is 0 Å². The van der Waals surface area contributed by atoms with Gasteiger partial charge in [0, 0.05) is 11.6 Å². The molecule has 2 N–H and O–H groups in total. The Morgan fingerprint density at radius 2 is 2.04 bits per heavy atom. The van der Waals surface area contributed by atoms with Crippen LogP contribution in [0.25, 0.3) is 11.0 Å². The molecule has 1 aromatic heterocycles. The Morgan fingerprint density at radius 1 is 1.25 bits per heavy atom. The van der Waals surface area contributed by atoms with Crippen LogP contribution in [0.2, 0.25) is 5.02 Å². The average molecular weight is 422 g/mol. The van der Waals surface area contributed by atoms with E-state index in [0.717, 1.165) is 18.4 Å². The molecule has 0 radical (unpaired) electrons. The number of hydrogen-bond acceptors (Lipinski definition) is 5. The summed E-state index contributed by atoms with van der Waals surface area (Å²) < 4.78 is 30.5. The first-order chi connectivity index (χ1) is 13.3. The van der Waals surface area contributed by atoms with Crippen molar-refractivity contribution >= 4 is 38.6 Å². The lowest BCUT2D eigenvalue weighted by Crippen LogP contribution is -2.12. The number of hydrogen-bond donors (Lipinski definition) is 1. The first-order valence-electron chi connectivity index (χ1n) is 8.74. The van der Waals surface area contributed by atoms with E-state index in [1.165, 1.54) is 18.2 Å². The maximum Gasteiger partial charge on any atom is 0.338 e. The van der Waals surface area contributed by atoms with Gasteiger partial charge in [-0.25, -0.2) is 23.3 Å². The number of nitrogens with two attached hydrogens (primary N) is 1. The van der Waals surface area contributed by atoms with E-state index in [4.69, 9.17) is 21.5 Å². The first kappa shape index (κ1) is 20.3. The van der Waals surface area contributed by atoms with Crippen molar-refractivity contribution in [3.05, 3.63) is 58.9 Å². The largest absolute Gasteiger partial charge is 0.454 e. The SMILES string of the molecule is CCCCn1c(COC(=O)c2cccc(Cl)c2)nc2cc(S(N)(=O)=O)ccc21. The third-order valence-corrected chi connectivity index (χ3v) is 5.40. The fourth-order valence-electron chi connectivity index (χ4n) is 2.84. The summed E-state index contributed by atoms with van der Waals surface area (Å²) in [4.78, 5) is 16.7. The number of benzene rings is 2. The third-order valence-electron chi connectivity index (χ3n) is 4.26. The number of carbonyl (C=O) groups is 1. The summed E-state index contributed by atoms with van der Waals surface area (Å²) >= 11 is 5.91. The Morgan fingerprint density at radius 3 is 2.71 bits per heavy atom. The number of nitrogens with zero attached hydrogens (tertiary/aromatic N) is 2. The number of primary sulfonamides is 1. The van der Waals surface area contributed by atoms with Crippen molar-refractivity contribution in [3.8, 4) is 0 Å². The highest BCUT2D eigenvalue weighted by Crippen LogP contribution is 2.22. The molecule has 9 heteroatoms. The van der Waals surface area contributed by atoms with Gasteiger partial charge in [-0.05, 0) is 42.8 Å². The van der Waals surface area contributed by atoms with Crippen molar-refractivity contribution in [3.63, 3.8) is 0 Å². The predicted molar refractivity (Wildman–Crippen MR) is 107 cm³/mol. The van der Waals surface area contributed by atoms with Crippen molar-refractivity contribution in [1.82, 2.24) is 9.55 Å². The number of aromatic nitrogens is 2. The number of ether oxygens (including phenoxy) is 1. The van der Waals surface area contributed by atoms with E-state index in [-0.39, 0.29) is 11.5 Å². The summed E-state index contributed by atoms with van der Waals surface area (Å²) in [5.74, 6) is 0.0206. The zero-order valence-corrected chi connectivity index (χ0v) is 16.8. The van der Waals surface area contributed by atoms with Gasteiger partial charge in [0.05, 0.1) is 21.5 Å². The van der Waals surface area contributed by atoms with E-state index in [1.807, 2.05) is 4.57 Å². The minimum Gasteiger partial charge on any atom is -0.454 e. The summed E-state index contributed by atoms with van der Waals surface area (Å²) in [6.45, 7) is 2.69. The summed E-state index contributed by atoms with van der Waals surface area (Å²) in [5.41, 5.74) is 1.59. The minimum atomic E-state index is -3.83. The molecule has 0 spiro atoms. The fraction of sp³-hybridized carbons (Fsp3) is 0.263. The van der Waals surface area contributed by atoms with Crippen LogP contribution in [-0.2, 0) is 27.9 Å². The van der Waals surface area contributed by atoms with E-state index in [2.05, 4.69) is 11.9 Å². The summed E-state index contributed by atoms with van der Waals surface area (Å²) in [7, 11) is -3.83. The standard InChI is InChI=1S/C19H20ClN3O4S/c1-2-3-9-23-17-8-7-15(28(21,25)26)11-16(17)22-18(23)12-27-19(24)13-5-4-6-14(20)10-13/h4-8,10-11H,2-3,9,12H2,1H3,(H2,21,25,26).